The Kier molecular flexibility index (Phi) is 3.73. The molecule has 4 rings (SSSR count). The first-order chi connectivity index (χ1) is 12.5. The molecule has 2 aromatic heterocycles. The van der Waals surface area contributed by atoms with Gasteiger partial charge in [0.1, 0.15) is 27.1 Å². The van der Waals surface area contributed by atoms with Gasteiger partial charge in [0.15, 0.2) is 0 Å². The number of aromatic carboxylic acids is 1. The van der Waals surface area contributed by atoms with Crippen LogP contribution in [0.15, 0.2) is 36.4 Å². The zero-order valence-electron chi connectivity index (χ0n) is 14.1. The van der Waals surface area contributed by atoms with Gasteiger partial charge in [0.05, 0.1) is 5.39 Å². The summed E-state index contributed by atoms with van der Waals surface area (Å²) >= 11 is 1.15. The van der Waals surface area contributed by atoms with Crippen LogP contribution in [-0.2, 0) is 0 Å². The fraction of sp³-hybridized carbons (Fsp3) is 0.105. The lowest BCUT2D eigenvalue weighted by molar-refractivity contribution is 0.0701. The van der Waals surface area contributed by atoms with Crippen LogP contribution < -0.4 is 5.32 Å². The van der Waals surface area contributed by atoms with Crippen molar-refractivity contribution in [2.24, 2.45) is 0 Å². The number of aromatic nitrogens is 2. The molecule has 2 aromatic carbocycles. The van der Waals surface area contributed by atoms with Crippen molar-refractivity contribution in [3.05, 3.63) is 52.7 Å². The van der Waals surface area contributed by atoms with Crippen LogP contribution in [0.1, 0.15) is 21.1 Å². The predicted molar refractivity (Wildman–Crippen MR) is 103 cm³/mol. The van der Waals surface area contributed by atoms with Crippen molar-refractivity contribution in [3.63, 3.8) is 0 Å². The largest absolute Gasteiger partial charge is 0.507 e. The molecule has 26 heavy (non-hydrogen) atoms. The second-order valence-corrected chi connectivity index (χ2v) is 6.96. The second kappa shape index (κ2) is 5.96. The van der Waals surface area contributed by atoms with E-state index < -0.39 is 5.97 Å². The summed E-state index contributed by atoms with van der Waals surface area (Å²) in [5.74, 6) is 0.352. The molecule has 0 unspecified atom stereocenters. The molecule has 0 atom stereocenters. The summed E-state index contributed by atoms with van der Waals surface area (Å²) in [6.07, 6.45) is 0. The number of thiophene rings is 1. The number of hydrogen-bond acceptors (Lipinski definition) is 6. The zero-order valence-corrected chi connectivity index (χ0v) is 14.9. The normalized spacial score (nSPS) is 11.2. The SMILES string of the molecule is Cc1nc(Nc2cccc3c(O)cccc23)c2c(C)c(C(=O)O)sc2n1. The minimum Gasteiger partial charge on any atom is -0.507 e. The van der Waals surface area contributed by atoms with E-state index in [1.54, 1.807) is 26.0 Å². The Morgan fingerprint density at radius 1 is 1.08 bits per heavy atom. The average molecular weight is 365 g/mol. The fourth-order valence-corrected chi connectivity index (χ4v) is 4.14. The number of carboxylic acids is 1. The smallest absolute Gasteiger partial charge is 0.346 e. The van der Waals surface area contributed by atoms with E-state index >= 15 is 0 Å². The molecule has 2 heterocycles. The standard InChI is InChI=1S/C19H15N3O3S/c1-9-15-17(20-10(2)21-18(15)26-16(9)19(24)25)22-13-7-3-6-12-11(13)5-4-8-14(12)23/h3-8,23H,1-2H3,(H,24,25)(H,20,21,22). The van der Waals surface area contributed by atoms with Crippen LogP contribution in [0, 0.1) is 13.8 Å². The summed E-state index contributed by atoms with van der Waals surface area (Å²) < 4.78 is 0. The number of hydrogen-bond donors (Lipinski definition) is 3. The summed E-state index contributed by atoms with van der Waals surface area (Å²) in [5.41, 5.74) is 1.42. The topological polar surface area (TPSA) is 95.3 Å². The maximum absolute atomic E-state index is 11.5. The molecule has 130 valence electrons. The number of carbonyl (C=O) groups is 1. The lowest BCUT2D eigenvalue weighted by Crippen LogP contribution is -1.99. The Labute approximate surface area is 152 Å². The van der Waals surface area contributed by atoms with E-state index in [9.17, 15) is 15.0 Å². The van der Waals surface area contributed by atoms with Crippen LogP contribution in [0.25, 0.3) is 21.0 Å². The maximum Gasteiger partial charge on any atom is 0.346 e. The molecular weight excluding hydrogens is 350 g/mol. The number of benzene rings is 2. The zero-order chi connectivity index (χ0) is 18.4. The molecule has 7 heteroatoms. The number of carboxylic acid groups (broad SMARTS) is 1. The molecule has 6 nitrogen and oxygen atoms in total. The van der Waals surface area contributed by atoms with Crippen LogP contribution in [-0.4, -0.2) is 26.2 Å². The third kappa shape index (κ3) is 2.53. The Balaban J connectivity index is 1.93. The van der Waals surface area contributed by atoms with Gasteiger partial charge >= 0.3 is 5.97 Å². The quantitative estimate of drug-likeness (QED) is 0.491. The van der Waals surface area contributed by atoms with Crippen LogP contribution in [0.4, 0.5) is 11.5 Å². The van der Waals surface area contributed by atoms with E-state index in [1.807, 2.05) is 24.3 Å². The van der Waals surface area contributed by atoms with Gasteiger partial charge in [0.25, 0.3) is 0 Å². The van der Waals surface area contributed by atoms with E-state index in [4.69, 9.17) is 0 Å². The Hall–Kier alpha value is -3.19. The molecule has 0 aliphatic rings. The number of phenols is 1. The number of nitrogens with one attached hydrogen (secondary N) is 1. The summed E-state index contributed by atoms with van der Waals surface area (Å²) in [7, 11) is 0. The summed E-state index contributed by atoms with van der Waals surface area (Å²) in [4.78, 5) is 21.2. The van der Waals surface area contributed by atoms with Crippen molar-refractivity contribution >= 4 is 49.8 Å². The fourth-order valence-electron chi connectivity index (χ4n) is 3.07. The van der Waals surface area contributed by atoms with E-state index in [0.29, 0.717) is 27.4 Å². The Morgan fingerprint density at radius 2 is 1.81 bits per heavy atom. The van der Waals surface area contributed by atoms with Crippen molar-refractivity contribution in [3.8, 4) is 5.75 Å². The number of aromatic hydroxyl groups is 1. The van der Waals surface area contributed by atoms with Crippen LogP contribution in [0.3, 0.4) is 0 Å². The first kappa shape index (κ1) is 16.3. The van der Waals surface area contributed by atoms with Crippen LogP contribution in [0.5, 0.6) is 5.75 Å². The van der Waals surface area contributed by atoms with Gasteiger partial charge in [0.2, 0.25) is 0 Å². The van der Waals surface area contributed by atoms with Crippen molar-refractivity contribution in [1.82, 2.24) is 9.97 Å². The molecule has 0 bridgehead atoms. The summed E-state index contributed by atoms with van der Waals surface area (Å²) in [6.45, 7) is 3.54. The lowest BCUT2D eigenvalue weighted by atomic mass is 10.1. The highest BCUT2D eigenvalue weighted by atomic mass is 32.1. The van der Waals surface area contributed by atoms with Gasteiger partial charge in [-0.05, 0) is 31.5 Å². The van der Waals surface area contributed by atoms with Crippen LogP contribution in [0.2, 0.25) is 0 Å². The Bertz CT molecular complexity index is 1180. The van der Waals surface area contributed by atoms with Crippen LogP contribution >= 0.6 is 11.3 Å². The van der Waals surface area contributed by atoms with Gasteiger partial charge in [0, 0.05) is 16.5 Å². The number of fused-ring (bicyclic) bond motifs is 2. The molecule has 0 fully saturated rings. The molecule has 0 aliphatic heterocycles. The summed E-state index contributed by atoms with van der Waals surface area (Å²) in [6, 6.07) is 10.9. The van der Waals surface area contributed by atoms with E-state index in [-0.39, 0.29) is 10.6 Å². The molecule has 0 radical (unpaired) electrons. The van der Waals surface area contributed by atoms with E-state index in [2.05, 4.69) is 15.3 Å². The average Bonchev–Trinajstić information content (AvgIpc) is 2.93. The van der Waals surface area contributed by atoms with E-state index in [1.165, 1.54) is 0 Å². The van der Waals surface area contributed by atoms with Gasteiger partial charge in [-0.25, -0.2) is 14.8 Å². The van der Waals surface area contributed by atoms with Crippen molar-refractivity contribution in [1.29, 1.82) is 0 Å². The predicted octanol–water partition coefficient (Wildman–Crippen LogP) is 4.61. The first-order valence-electron chi connectivity index (χ1n) is 7.94. The van der Waals surface area contributed by atoms with Gasteiger partial charge < -0.3 is 15.5 Å². The molecule has 0 aliphatic carbocycles. The lowest BCUT2D eigenvalue weighted by Gasteiger charge is -2.12. The number of anilines is 2. The highest BCUT2D eigenvalue weighted by molar-refractivity contribution is 7.20. The highest BCUT2D eigenvalue weighted by Gasteiger charge is 2.20. The van der Waals surface area contributed by atoms with Gasteiger partial charge in [-0.15, -0.1) is 11.3 Å². The first-order valence-corrected chi connectivity index (χ1v) is 8.76. The second-order valence-electron chi connectivity index (χ2n) is 5.96. The van der Waals surface area contributed by atoms with Crippen molar-refractivity contribution in [2.75, 3.05) is 5.32 Å². The molecule has 0 saturated carbocycles. The van der Waals surface area contributed by atoms with Crippen molar-refractivity contribution < 1.29 is 15.0 Å². The third-order valence-electron chi connectivity index (χ3n) is 4.25. The minimum absolute atomic E-state index is 0.204. The molecule has 0 spiro atoms. The summed E-state index contributed by atoms with van der Waals surface area (Å²) in [5, 5.41) is 25.1. The third-order valence-corrected chi connectivity index (χ3v) is 5.42. The molecule has 4 aromatic rings. The number of phenolic OH excluding ortho intramolecular Hbond substituents is 1. The van der Waals surface area contributed by atoms with Gasteiger partial charge in [-0.3, -0.25) is 0 Å². The molecule has 0 saturated heterocycles. The molecule has 0 amide bonds. The van der Waals surface area contributed by atoms with E-state index in [0.717, 1.165) is 27.8 Å². The number of aryl methyl sites for hydroxylation is 2. The molecular formula is C19H15N3O3S. The monoisotopic (exact) mass is 365 g/mol. The van der Waals surface area contributed by atoms with Gasteiger partial charge in [-0.2, -0.15) is 0 Å². The Morgan fingerprint density at radius 3 is 2.58 bits per heavy atom. The maximum atomic E-state index is 11.5. The molecule has 3 N–H and O–H groups in total. The number of rotatable bonds is 3. The van der Waals surface area contributed by atoms with Gasteiger partial charge in [-0.1, -0.05) is 24.3 Å². The highest BCUT2D eigenvalue weighted by Crippen LogP contribution is 2.37. The minimum atomic E-state index is -0.968. The van der Waals surface area contributed by atoms with Crippen molar-refractivity contribution in [2.45, 2.75) is 13.8 Å². The number of nitrogens with zero attached hydrogens (tertiary/aromatic N) is 2.